The summed E-state index contributed by atoms with van der Waals surface area (Å²) in [6.07, 6.45) is 6.54. The van der Waals surface area contributed by atoms with Crippen LogP contribution < -0.4 is 5.32 Å². The maximum absolute atomic E-state index is 10.2. The van der Waals surface area contributed by atoms with E-state index in [1.807, 2.05) is 0 Å². The van der Waals surface area contributed by atoms with Gasteiger partial charge >= 0.3 is 0 Å². The van der Waals surface area contributed by atoms with Crippen LogP contribution in [0.5, 0.6) is 0 Å². The van der Waals surface area contributed by atoms with Gasteiger partial charge in [-0.1, -0.05) is 33.1 Å². The maximum atomic E-state index is 10.2. The Balaban J connectivity index is 0.00000400. The van der Waals surface area contributed by atoms with Gasteiger partial charge in [-0.15, -0.1) is 24.0 Å². The number of unbranched alkanes of at least 4 members (excludes halogenated alkanes) is 1. The van der Waals surface area contributed by atoms with E-state index in [2.05, 4.69) is 38.0 Å². The van der Waals surface area contributed by atoms with Gasteiger partial charge in [-0.25, -0.2) is 0 Å². The Morgan fingerprint density at radius 3 is 2.67 bits per heavy atom. The van der Waals surface area contributed by atoms with Gasteiger partial charge in [-0.2, -0.15) is 0 Å². The zero-order valence-corrected chi connectivity index (χ0v) is 16.5. The second-order valence-corrected chi connectivity index (χ2v) is 6.36. The van der Waals surface area contributed by atoms with Crippen molar-refractivity contribution in [2.45, 2.75) is 65.4 Å². The summed E-state index contributed by atoms with van der Waals surface area (Å²) in [6, 6.07) is 0. The number of aliphatic hydroxyl groups is 1. The highest BCUT2D eigenvalue weighted by Gasteiger charge is 2.35. The molecule has 0 bridgehead atoms. The van der Waals surface area contributed by atoms with Crippen molar-refractivity contribution in [3.63, 3.8) is 0 Å². The smallest absolute Gasteiger partial charge is 0.193 e. The summed E-state index contributed by atoms with van der Waals surface area (Å²) in [5.74, 6) is 0.972. The number of hydrogen-bond donors (Lipinski definition) is 2. The SMILES string of the molecule is CCCCN(C)C(=NCC1(C)CCCCC1O)NCC.I. The number of aliphatic imine (C=N–C) groups is 1. The summed E-state index contributed by atoms with van der Waals surface area (Å²) in [4.78, 5) is 6.98. The molecular weight excluding hydrogens is 377 g/mol. The van der Waals surface area contributed by atoms with Crippen LogP contribution in [0, 0.1) is 5.41 Å². The van der Waals surface area contributed by atoms with Crippen LogP contribution in [0.3, 0.4) is 0 Å². The fourth-order valence-electron chi connectivity index (χ4n) is 2.79. The van der Waals surface area contributed by atoms with E-state index in [-0.39, 0.29) is 35.5 Å². The highest BCUT2D eigenvalue weighted by molar-refractivity contribution is 14.0. The van der Waals surface area contributed by atoms with Crippen molar-refractivity contribution >= 4 is 29.9 Å². The first-order chi connectivity index (χ1) is 9.53. The number of rotatable bonds is 6. The second kappa shape index (κ2) is 10.6. The second-order valence-electron chi connectivity index (χ2n) is 6.36. The molecule has 21 heavy (non-hydrogen) atoms. The average Bonchev–Trinajstić information content (AvgIpc) is 2.44. The number of aliphatic hydroxyl groups excluding tert-OH is 1. The predicted octanol–water partition coefficient (Wildman–Crippen LogP) is 3.24. The van der Waals surface area contributed by atoms with Crippen molar-refractivity contribution in [1.82, 2.24) is 10.2 Å². The maximum Gasteiger partial charge on any atom is 0.193 e. The van der Waals surface area contributed by atoms with E-state index in [0.29, 0.717) is 6.54 Å². The Morgan fingerprint density at radius 2 is 2.10 bits per heavy atom. The van der Waals surface area contributed by atoms with Crippen LogP contribution >= 0.6 is 24.0 Å². The van der Waals surface area contributed by atoms with Crippen LogP contribution in [0.2, 0.25) is 0 Å². The molecule has 0 amide bonds. The first-order valence-corrected chi connectivity index (χ1v) is 8.21. The molecule has 1 fully saturated rings. The van der Waals surface area contributed by atoms with Gasteiger partial charge in [0, 0.05) is 25.6 Å². The lowest BCUT2D eigenvalue weighted by molar-refractivity contribution is 0.00706. The van der Waals surface area contributed by atoms with E-state index in [1.54, 1.807) is 0 Å². The van der Waals surface area contributed by atoms with Crippen molar-refractivity contribution in [3.05, 3.63) is 0 Å². The standard InChI is InChI=1S/C16H33N3O.HI/c1-5-7-12-19(4)15(17-6-2)18-13-16(3)11-9-8-10-14(16)20;/h14,20H,5-13H2,1-4H3,(H,17,18);1H. The van der Waals surface area contributed by atoms with Crippen LogP contribution in [0.1, 0.15) is 59.3 Å². The van der Waals surface area contributed by atoms with Crippen LogP contribution in [-0.2, 0) is 0 Å². The molecule has 1 rings (SSSR count). The predicted molar refractivity (Wildman–Crippen MR) is 102 cm³/mol. The minimum atomic E-state index is -0.205. The Kier molecular flexibility index (Phi) is 10.6. The minimum absolute atomic E-state index is 0. The molecule has 0 aliphatic heterocycles. The van der Waals surface area contributed by atoms with Gasteiger partial charge in [0.15, 0.2) is 5.96 Å². The zero-order chi connectivity index (χ0) is 15.0. The van der Waals surface area contributed by atoms with Gasteiger partial charge in [0.2, 0.25) is 0 Å². The van der Waals surface area contributed by atoms with E-state index in [0.717, 1.165) is 38.3 Å². The Morgan fingerprint density at radius 1 is 1.38 bits per heavy atom. The molecule has 0 aromatic heterocycles. The van der Waals surface area contributed by atoms with Crippen LogP contribution in [0.25, 0.3) is 0 Å². The topological polar surface area (TPSA) is 47.9 Å². The lowest BCUT2D eigenvalue weighted by Gasteiger charge is -2.37. The normalized spacial score (nSPS) is 26.1. The minimum Gasteiger partial charge on any atom is -0.392 e. The third-order valence-electron chi connectivity index (χ3n) is 4.41. The molecule has 1 saturated carbocycles. The van der Waals surface area contributed by atoms with Gasteiger partial charge in [-0.05, 0) is 26.2 Å². The van der Waals surface area contributed by atoms with E-state index in [4.69, 9.17) is 4.99 Å². The summed E-state index contributed by atoms with van der Waals surface area (Å²) in [7, 11) is 2.09. The molecule has 2 N–H and O–H groups in total. The molecule has 126 valence electrons. The summed E-state index contributed by atoms with van der Waals surface area (Å²) < 4.78 is 0. The van der Waals surface area contributed by atoms with Crippen molar-refractivity contribution in [2.75, 3.05) is 26.7 Å². The molecule has 4 nitrogen and oxygen atoms in total. The molecule has 0 spiro atoms. The quantitative estimate of drug-likeness (QED) is 0.401. The largest absolute Gasteiger partial charge is 0.392 e. The third kappa shape index (κ3) is 6.72. The Bertz CT molecular complexity index is 312. The van der Waals surface area contributed by atoms with Crippen LogP contribution in [0.15, 0.2) is 4.99 Å². The van der Waals surface area contributed by atoms with Crippen molar-refractivity contribution in [3.8, 4) is 0 Å². The fourth-order valence-corrected chi connectivity index (χ4v) is 2.79. The lowest BCUT2D eigenvalue weighted by atomic mass is 9.73. The van der Waals surface area contributed by atoms with Crippen molar-refractivity contribution in [2.24, 2.45) is 10.4 Å². The molecule has 1 aliphatic carbocycles. The van der Waals surface area contributed by atoms with E-state index < -0.39 is 0 Å². The summed E-state index contributed by atoms with van der Waals surface area (Å²) in [5, 5.41) is 13.6. The van der Waals surface area contributed by atoms with E-state index in [9.17, 15) is 5.11 Å². The summed E-state index contributed by atoms with van der Waals surface area (Å²) in [5.41, 5.74) is -0.0511. The first-order valence-electron chi connectivity index (χ1n) is 8.21. The Hall–Kier alpha value is -0.0400. The molecule has 0 aromatic rings. The fraction of sp³-hybridized carbons (Fsp3) is 0.938. The molecule has 5 heteroatoms. The van der Waals surface area contributed by atoms with Gasteiger partial charge in [0.25, 0.3) is 0 Å². The number of guanidine groups is 1. The molecule has 1 aliphatic rings. The molecule has 0 saturated heterocycles. The first kappa shape index (κ1) is 21.0. The molecule has 2 unspecified atom stereocenters. The number of nitrogens with one attached hydrogen (secondary N) is 1. The molecule has 0 aromatic carbocycles. The van der Waals surface area contributed by atoms with Crippen LogP contribution in [0.4, 0.5) is 0 Å². The number of hydrogen-bond acceptors (Lipinski definition) is 2. The highest BCUT2D eigenvalue weighted by Crippen LogP contribution is 2.36. The third-order valence-corrected chi connectivity index (χ3v) is 4.41. The lowest BCUT2D eigenvalue weighted by Crippen LogP contribution is -2.42. The molecular formula is C16H34IN3O. The van der Waals surface area contributed by atoms with E-state index in [1.165, 1.54) is 19.3 Å². The van der Waals surface area contributed by atoms with Gasteiger partial charge < -0.3 is 15.3 Å². The highest BCUT2D eigenvalue weighted by atomic mass is 127. The van der Waals surface area contributed by atoms with Crippen molar-refractivity contribution < 1.29 is 5.11 Å². The van der Waals surface area contributed by atoms with Gasteiger partial charge in [0.05, 0.1) is 12.6 Å². The molecule has 0 radical (unpaired) electrons. The van der Waals surface area contributed by atoms with Crippen molar-refractivity contribution in [1.29, 1.82) is 0 Å². The summed E-state index contributed by atoms with van der Waals surface area (Å²) in [6.45, 7) is 9.11. The number of halogens is 1. The monoisotopic (exact) mass is 411 g/mol. The average molecular weight is 411 g/mol. The Labute approximate surface area is 147 Å². The van der Waals surface area contributed by atoms with Gasteiger partial charge in [-0.3, -0.25) is 4.99 Å². The van der Waals surface area contributed by atoms with E-state index >= 15 is 0 Å². The molecule has 0 heterocycles. The van der Waals surface area contributed by atoms with Gasteiger partial charge in [0.1, 0.15) is 0 Å². The number of nitrogens with zero attached hydrogens (tertiary/aromatic N) is 2. The zero-order valence-electron chi connectivity index (χ0n) is 14.2. The molecule has 2 atom stereocenters. The van der Waals surface area contributed by atoms with Crippen LogP contribution in [-0.4, -0.2) is 48.8 Å². The summed E-state index contributed by atoms with van der Waals surface area (Å²) >= 11 is 0.